The number of hydrogen-bond donors (Lipinski definition) is 2. The maximum Gasteiger partial charge on any atom is 0.254 e. The second-order valence-corrected chi connectivity index (χ2v) is 4.96. The molecule has 0 bridgehead atoms. The molecule has 2 atom stereocenters. The third kappa shape index (κ3) is 2.61. The summed E-state index contributed by atoms with van der Waals surface area (Å²) in [6, 6.07) is 6.16. The fourth-order valence-electron chi connectivity index (χ4n) is 2.48. The first kappa shape index (κ1) is 13.5. The van der Waals surface area contributed by atoms with Crippen LogP contribution in [0.3, 0.4) is 0 Å². The molecule has 2 unspecified atom stereocenters. The summed E-state index contributed by atoms with van der Waals surface area (Å²) in [4.78, 5) is 25.0. The molecule has 1 heterocycles. The topological polar surface area (TPSA) is 83.6 Å². The van der Waals surface area contributed by atoms with Crippen LogP contribution in [0.5, 0.6) is 0 Å². The molecule has 0 spiro atoms. The highest BCUT2D eigenvalue weighted by atomic mass is 16.3. The minimum atomic E-state index is -0.512. The first-order chi connectivity index (χ1) is 9.04. The monoisotopic (exact) mass is 262 g/mol. The number of carbonyl (C=O) groups is 2. The van der Waals surface area contributed by atoms with E-state index < -0.39 is 5.91 Å². The van der Waals surface area contributed by atoms with Crippen LogP contribution in [0.1, 0.15) is 34.1 Å². The van der Waals surface area contributed by atoms with Crippen molar-refractivity contribution in [2.24, 2.45) is 11.7 Å². The SMILES string of the molecule is CC1CCN(C(=O)c2ccc(C(N)=O)cc2)C1CO. The van der Waals surface area contributed by atoms with E-state index in [0.717, 1.165) is 6.42 Å². The predicted octanol–water partition coefficient (Wildman–Crippen LogP) is 0.628. The number of aliphatic hydroxyl groups excluding tert-OH is 1. The third-order valence-corrected chi connectivity index (χ3v) is 3.75. The van der Waals surface area contributed by atoms with E-state index in [4.69, 9.17) is 5.73 Å². The standard InChI is InChI=1S/C14H18N2O3/c1-9-6-7-16(12(9)8-17)14(19)11-4-2-10(3-5-11)13(15)18/h2-5,9,12,17H,6-8H2,1H3,(H2,15,18). The molecule has 1 aliphatic rings. The van der Waals surface area contributed by atoms with Crippen molar-refractivity contribution < 1.29 is 14.7 Å². The van der Waals surface area contributed by atoms with Gasteiger partial charge in [0.25, 0.3) is 5.91 Å². The van der Waals surface area contributed by atoms with Gasteiger partial charge in [0.2, 0.25) is 5.91 Å². The summed E-state index contributed by atoms with van der Waals surface area (Å²) in [7, 11) is 0. The Kier molecular flexibility index (Phi) is 3.85. The molecule has 0 aliphatic carbocycles. The number of nitrogens with two attached hydrogens (primary N) is 1. The van der Waals surface area contributed by atoms with Crippen molar-refractivity contribution in [2.75, 3.05) is 13.2 Å². The lowest BCUT2D eigenvalue weighted by Gasteiger charge is -2.25. The largest absolute Gasteiger partial charge is 0.394 e. The summed E-state index contributed by atoms with van der Waals surface area (Å²) in [5.74, 6) is -0.319. The highest BCUT2D eigenvalue weighted by Gasteiger charge is 2.34. The third-order valence-electron chi connectivity index (χ3n) is 3.75. The first-order valence-electron chi connectivity index (χ1n) is 6.36. The average Bonchev–Trinajstić information content (AvgIpc) is 2.79. The molecule has 1 aromatic carbocycles. The van der Waals surface area contributed by atoms with Crippen LogP contribution < -0.4 is 5.73 Å². The van der Waals surface area contributed by atoms with E-state index in [1.54, 1.807) is 29.2 Å². The number of carbonyl (C=O) groups excluding carboxylic acids is 2. The lowest BCUT2D eigenvalue weighted by molar-refractivity contribution is 0.0648. The molecular weight excluding hydrogens is 244 g/mol. The molecular formula is C14H18N2O3. The lowest BCUT2D eigenvalue weighted by Crippen LogP contribution is -2.39. The Labute approximate surface area is 112 Å². The van der Waals surface area contributed by atoms with Gasteiger partial charge in [0.05, 0.1) is 12.6 Å². The van der Waals surface area contributed by atoms with Crippen LogP contribution in [-0.2, 0) is 0 Å². The van der Waals surface area contributed by atoms with Gasteiger partial charge in [0.1, 0.15) is 0 Å². The zero-order valence-corrected chi connectivity index (χ0v) is 10.9. The fourth-order valence-corrected chi connectivity index (χ4v) is 2.48. The highest BCUT2D eigenvalue weighted by Crippen LogP contribution is 2.25. The van der Waals surface area contributed by atoms with Gasteiger partial charge in [-0.05, 0) is 36.6 Å². The van der Waals surface area contributed by atoms with E-state index in [2.05, 4.69) is 0 Å². The van der Waals surface area contributed by atoms with E-state index in [1.165, 1.54) is 0 Å². The molecule has 1 aliphatic heterocycles. The quantitative estimate of drug-likeness (QED) is 0.838. The number of rotatable bonds is 3. The Morgan fingerprint density at radius 2 is 1.89 bits per heavy atom. The second kappa shape index (κ2) is 5.40. The molecule has 102 valence electrons. The molecule has 5 nitrogen and oxygen atoms in total. The van der Waals surface area contributed by atoms with Gasteiger partial charge in [0, 0.05) is 17.7 Å². The molecule has 0 aromatic heterocycles. The summed E-state index contributed by atoms with van der Waals surface area (Å²) in [5.41, 5.74) is 6.05. The van der Waals surface area contributed by atoms with Crippen LogP contribution >= 0.6 is 0 Å². The van der Waals surface area contributed by atoms with Gasteiger partial charge in [-0.3, -0.25) is 9.59 Å². The molecule has 0 radical (unpaired) electrons. The van der Waals surface area contributed by atoms with E-state index in [-0.39, 0.29) is 18.6 Å². The molecule has 5 heteroatoms. The zero-order valence-electron chi connectivity index (χ0n) is 10.9. The highest BCUT2D eigenvalue weighted by molar-refractivity contribution is 5.97. The second-order valence-electron chi connectivity index (χ2n) is 4.96. The van der Waals surface area contributed by atoms with Crippen molar-refractivity contribution >= 4 is 11.8 Å². The van der Waals surface area contributed by atoms with Gasteiger partial charge in [0.15, 0.2) is 0 Å². The summed E-state index contributed by atoms with van der Waals surface area (Å²) in [6.07, 6.45) is 0.899. The van der Waals surface area contributed by atoms with Gasteiger partial charge in [-0.15, -0.1) is 0 Å². The van der Waals surface area contributed by atoms with E-state index in [1.807, 2.05) is 6.92 Å². The maximum absolute atomic E-state index is 12.3. The zero-order chi connectivity index (χ0) is 14.0. The summed E-state index contributed by atoms with van der Waals surface area (Å²) < 4.78 is 0. The van der Waals surface area contributed by atoms with Crippen LogP contribution in [0.25, 0.3) is 0 Å². The van der Waals surface area contributed by atoms with Gasteiger partial charge in [-0.25, -0.2) is 0 Å². The van der Waals surface area contributed by atoms with Crippen molar-refractivity contribution in [3.05, 3.63) is 35.4 Å². The average molecular weight is 262 g/mol. The number of nitrogens with zero attached hydrogens (tertiary/aromatic N) is 1. The molecule has 3 N–H and O–H groups in total. The Hall–Kier alpha value is -1.88. The molecule has 1 aromatic rings. The van der Waals surface area contributed by atoms with Gasteiger partial charge < -0.3 is 15.7 Å². The van der Waals surface area contributed by atoms with Gasteiger partial charge in [-0.1, -0.05) is 6.92 Å². The summed E-state index contributed by atoms with van der Waals surface area (Å²) >= 11 is 0. The van der Waals surface area contributed by atoms with Gasteiger partial charge in [-0.2, -0.15) is 0 Å². The van der Waals surface area contributed by atoms with E-state index >= 15 is 0 Å². The van der Waals surface area contributed by atoms with Crippen molar-refractivity contribution in [1.82, 2.24) is 4.90 Å². The first-order valence-corrected chi connectivity index (χ1v) is 6.36. The van der Waals surface area contributed by atoms with Crippen LogP contribution in [-0.4, -0.2) is 41.0 Å². The number of likely N-dealkylation sites (tertiary alicyclic amines) is 1. The number of benzene rings is 1. The normalized spacial score (nSPS) is 22.5. The molecule has 1 fully saturated rings. The Morgan fingerprint density at radius 1 is 1.32 bits per heavy atom. The molecule has 2 rings (SSSR count). The van der Waals surface area contributed by atoms with Crippen LogP contribution in [0.4, 0.5) is 0 Å². The molecule has 19 heavy (non-hydrogen) atoms. The fraction of sp³-hybridized carbons (Fsp3) is 0.429. The number of aliphatic hydroxyl groups is 1. The smallest absolute Gasteiger partial charge is 0.254 e. The molecule has 2 amide bonds. The Morgan fingerprint density at radius 3 is 2.42 bits per heavy atom. The number of primary amides is 1. The van der Waals surface area contributed by atoms with Crippen molar-refractivity contribution in [2.45, 2.75) is 19.4 Å². The summed E-state index contributed by atoms with van der Waals surface area (Å²) in [5, 5.41) is 9.36. The lowest BCUT2D eigenvalue weighted by atomic mass is 10.0. The van der Waals surface area contributed by atoms with Crippen molar-refractivity contribution in [3.63, 3.8) is 0 Å². The van der Waals surface area contributed by atoms with Crippen LogP contribution in [0.2, 0.25) is 0 Å². The Bertz CT molecular complexity index is 484. The van der Waals surface area contributed by atoms with E-state index in [0.29, 0.717) is 23.6 Å². The summed E-state index contributed by atoms with van der Waals surface area (Å²) in [6.45, 7) is 2.67. The van der Waals surface area contributed by atoms with Crippen LogP contribution in [0.15, 0.2) is 24.3 Å². The molecule has 1 saturated heterocycles. The van der Waals surface area contributed by atoms with Gasteiger partial charge >= 0.3 is 0 Å². The minimum absolute atomic E-state index is 0.0216. The van der Waals surface area contributed by atoms with Crippen molar-refractivity contribution in [1.29, 1.82) is 0 Å². The van der Waals surface area contributed by atoms with E-state index in [9.17, 15) is 14.7 Å². The number of amides is 2. The van der Waals surface area contributed by atoms with Crippen LogP contribution in [0, 0.1) is 5.92 Å². The Balaban J connectivity index is 2.17. The predicted molar refractivity (Wildman–Crippen MR) is 70.7 cm³/mol. The van der Waals surface area contributed by atoms with Crippen molar-refractivity contribution in [3.8, 4) is 0 Å². The number of hydrogen-bond acceptors (Lipinski definition) is 3. The molecule has 0 saturated carbocycles. The maximum atomic E-state index is 12.3. The minimum Gasteiger partial charge on any atom is -0.394 e.